The van der Waals surface area contributed by atoms with E-state index in [0.29, 0.717) is 18.7 Å². The highest BCUT2D eigenvalue weighted by atomic mass is 16.2. The van der Waals surface area contributed by atoms with Gasteiger partial charge in [-0.05, 0) is 53.3 Å². The topological polar surface area (TPSA) is 45.6 Å². The van der Waals surface area contributed by atoms with Gasteiger partial charge in [-0.1, -0.05) is 80.6 Å². The average molecular weight is 494 g/mol. The quantitative estimate of drug-likeness (QED) is 0.273. The van der Waals surface area contributed by atoms with Crippen molar-refractivity contribution in [1.82, 2.24) is 14.4 Å². The van der Waals surface area contributed by atoms with Crippen molar-refractivity contribution in [2.75, 3.05) is 13.1 Å². The van der Waals surface area contributed by atoms with E-state index in [1.807, 2.05) is 59.5 Å². The van der Waals surface area contributed by atoms with Gasteiger partial charge in [0.25, 0.3) is 5.91 Å². The first-order chi connectivity index (χ1) is 18.0. The maximum atomic E-state index is 13.8. The molecule has 1 aromatic heterocycles. The van der Waals surface area contributed by atoms with Crippen LogP contribution in [0.15, 0.2) is 91.1 Å². The third-order valence-corrected chi connectivity index (χ3v) is 6.98. The monoisotopic (exact) mass is 493 g/mol. The zero-order chi connectivity index (χ0) is 25.8. The minimum Gasteiger partial charge on any atom is -0.345 e. The highest BCUT2D eigenvalue weighted by Crippen LogP contribution is 2.29. The van der Waals surface area contributed by atoms with Crippen molar-refractivity contribution in [3.8, 4) is 0 Å². The Kier molecular flexibility index (Phi) is 7.40. The van der Waals surface area contributed by atoms with Crippen LogP contribution in [0.1, 0.15) is 48.3 Å². The van der Waals surface area contributed by atoms with Gasteiger partial charge < -0.3 is 14.4 Å². The van der Waals surface area contributed by atoms with Crippen LogP contribution in [0.5, 0.6) is 0 Å². The van der Waals surface area contributed by atoms with Crippen molar-refractivity contribution < 1.29 is 9.59 Å². The third-order valence-electron chi connectivity index (χ3n) is 6.98. The molecule has 0 bridgehead atoms. The van der Waals surface area contributed by atoms with Gasteiger partial charge in [-0.2, -0.15) is 0 Å². The molecule has 5 rings (SSSR count). The van der Waals surface area contributed by atoms with Crippen molar-refractivity contribution in [3.63, 3.8) is 0 Å². The van der Waals surface area contributed by atoms with E-state index >= 15 is 0 Å². The number of carbonyl (C=O) groups excluding carboxylic acids is 2. The number of fused-ring (bicyclic) bond motifs is 1. The summed E-state index contributed by atoms with van der Waals surface area (Å²) in [5, 5.41) is 1.96. The van der Waals surface area contributed by atoms with Gasteiger partial charge in [0.1, 0.15) is 6.54 Å². The van der Waals surface area contributed by atoms with E-state index in [2.05, 4.69) is 54.9 Å². The Morgan fingerprint density at radius 1 is 0.892 bits per heavy atom. The second kappa shape index (κ2) is 11.0. The number of hydrogen-bond acceptors (Lipinski definition) is 2. The molecule has 0 spiro atoms. The first-order valence-electron chi connectivity index (χ1n) is 13.2. The molecule has 190 valence electrons. The number of amides is 2. The molecule has 3 aromatic carbocycles. The van der Waals surface area contributed by atoms with Gasteiger partial charge in [0.05, 0.1) is 6.54 Å². The fourth-order valence-electron chi connectivity index (χ4n) is 5.01. The smallest absolute Gasteiger partial charge is 0.254 e. The third kappa shape index (κ3) is 5.93. The lowest BCUT2D eigenvalue weighted by molar-refractivity contribution is -0.133. The van der Waals surface area contributed by atoms with Crippen LogP contribution in [0.25, 0.3) is 10.8 Å². The Balaban J connectivity index is 1.35. The van der Waals surface area contributed by atoms with Crippen molar-refractivity contribution in [3.05, 3.63) is 108 Å². The lowest BCUT2D eigenvalue weighted by atomic mass is 10.0. The molecule has 1 aliphatic carbocycles. The molecule has 0 aliphatic heterocycles. The summed E-state index contributed by atoms with van der Waals surface area (Å²) in [6, 6.07) is 28.5. The second-order valence-electron chi connectivity index (χ2n) is 10.5. The highest BCUT2D eigenvalue weighted by Gasteiger charge is 2.34. The summed E-state index contributed by atoms with van der Waals surface area (Å²) in [6.07, 6.45) is 4.12. The van der Waals surface area contributed by atoms with Crippen LogP contribution in [-0.2, 0) is 17.9 Å². The Labute approximate surface area is 219 Å². The molecule has 1 aliphatic rings. The fourth-order valence-corrected chi connectivity index (χ4v) is 5.01. The number of rotatable bonds is 10. The van der Waals surface area contributed by atoms with E-state index in [-0.39, 0.29) is 30.3 Å². The van der Waals surface area contributed by atoms with Crippen LogP contribution in [0.4, 0.5) is 0 Å². The number of carbonyl (C=O) groups is 2. The first kappa shape index (κ1) is 24.8. The number of hydrogen-bond donors (Lipinski definition) is 0. The largest absolute Gasteiger partial charge is 0.345 e. The molecule has 0 N–H and O–H groups in total. The van der Waals surface area contributed by atoms with E-state index in [1.165, 1.54) is 5.56 Å². The van der Waals surface area contributed by atoms with Crippen LogP contribution in [-0.4, -0.2) is 45.3 Å². The molecule has 0 atom stereocenters. The Hall–Kier alpha value is -3.86. The highest BCUT2D eigenvalue weighted by molar-refractivity contribution is 6.07. The standard InChI is InChI=1S/C32H35N3O2/c1-24(2)20-34(32(37)30-16-8-13-26-12-6-7-15-29(26)30)23-31(36)35(27-17-18-27)22-28-14-9-19-33(28)21-25-10-4-3-5-11-25/h3-16,19,24,27H,17-18,20-23H2,1-2H3. The van der Waals surface area contributed by atoms with Crippen molar-refractivity contribution >= 4 is 22.6 Å². The fraction of sp³-hybridized carbons (Fsp3) is 0.312. The molecule has 37 heavy (non-hydrogen) atoms. The molecule has 0 radical (unpaired) electrons. The lowest BCUT2D eigenvalue weighted by Gasteiger charge is -2.29. The van der Waals surface area contributed by atoms with Crippen molar-refractivity contribution in [1.29, 1.82) is 0 Å². The Morgan fingerprint density at radius 2 is 1.62 bits per heavy atom. The summed E-state index contributed by atoms with van der Waals surface area (Å²) in [4.78, 5) is 31.2. The van der Waals surface area contributed by atoms with Crippen LogP contribution in [0, 0.1) is 5.92 Å². The van der Waals surface area contributed by atoms with Crippen LogP contribution in [0.3, 0.4) is 0 Å². The van der Waals surface area contributed by atoms with E-state index < -0.39 is 0 Å². The number of benzene rings is 3. The molecule has 1 fully saturated rings. The SMILES string of the molecule is CC(C)CN(CC(=O)N(Cc1cccn1Cc1ccccc1)C1CC1)C(=O)c1cccc2ccccc12. The molecule has 5 nitrogen and oxygen atoms in total. The first-order valence-corrected chi connectivity index (χ1v) is 13.2. The van der Waals surface area contributed by atoms with Gasteiger partial charge in [0.2, 0.25) is 5.91 Å². The van der Waals surface area contributed by atoms with Crippen molar-refractivity contribution in [2.24, 2.45) is 5.92 Å². The van der Waals surface area contributed by atoms with Gasteiger partial charge in [0.15, 0.2) is 0 Å². The maximum absolute atomic E-state index is 13.8. The summed E-state index contributed by atoms with van der Waals surface area (Å²) < 4.78 is 2.21. The molecular weight excluding hydrogens is 458 g/mol. The van der Waals surface area contributed by atoms with E-state index in [9.17, 15) is 9.59 Å². The molecule has 1 heterocycles. The van der Waals surface area contributed by atoms with E-state index in [0.717, 1.165) is 35.9 Å². The van der Waals surface area contributed by atoms with Crippen LogP contribution < -0.4 is 0 Å². The molecular formula is C32H35N3O2. The summed E-state index contributed by atoms with van der Waals surface area (Å²) in [5.74, 6) is 0.190. The predicted octanol–water partition coefficient (Wildman–Crippen LogP) is 5.98. The maximum Gasteiger partial charge on any atom is 0.254 e. The minimum absolute atomic E-state index is 0.0178. The van der Waals surface area contributed by atoms with Gasteiger partial charge in [-0.25, -0.2) is 0 Å². The summed E-state index contributed by atoms with van der Waals surface area (Å²) in [5.41, 5.74) is 2.99. The second-order valence-corrected chi connectivity index (χ2v) is 10.5. The average Bonchev–Trinajstić information content (AvgIpc) is 3.66. The lowest BCUT2D eigenvalue weighted by Crippen LogP contribution is -2.45. The summed E-state index contributed by atoms with van der Waals surface area (Å²) in [6.45, 7) is 6.13. The predicted molar refractivity (Wildman–Crippen MR) is 148 cm³/mol. The zero-order valence-corrected chi connectivity index (χ0v) is 21.7. The molecule has 2 amide bonds. The molecule has 4 aromatic rings. The molecule has 0 unspecified atom stereocenters. The Bertz CT molecular complexity index is 1370. The number of nitrogens with zero attached hydrogens (tertiary/aromatic N) is 3. The van der Waals surface area contributed by atoms with E-state index in [1.54, 1.807) is 4.90 Å². The summed E-state index contributed by atoms with van der Waals surface area (Å²) in [7, 11) is 0. The molecule has 5 heteroatoms. The van der Waals surface area contributed by atoms with Gasteiger partial charge >= 0.3 is 0 Å². The molecule has 1 saturated carbocycles. The van der Waals surface area contributed by atoms with Gasteiger partial charge in [0, 0.05) is 36.6 Å². The summed E-state index contributed by atoms with van der Waals surface area (Å²) >= 11 is 0. The van der Waals surface area contributed by atoms with Gasteiger partial charge in [-0.15, -0.1) is 0 Å². The van der Waals surface area contributed by atoms with Crippen LogP contribution >= 0.6 is 0 Å². The van der Waals surface area contributed by atoms with Crippen LogP contribution in [0.2, 0.25) is 0 Å². The Morgan fingerprint density at radius 3 is 2.38 bits per heavy atom. The number of aromatic nitrogens is 1. The van der Waals surface area contributed by atoms with E-state index in [4.69, 9.17) is 0 Å². The molecule has 0 saturated heterocycles. The minimum atomic E-state index is -0.0814. The normalized spacial score (nSPS) is 13.2. The van der Waals surface area contributed by atoms with Gasteiger partial charge in [-0.3, -0.25) is 9.59 Å². The van der Waals surface area contributed by atoms with Crippen molar-refractivity contribution in [2.45, 2.75) is 45.8 Å². The zero-order valence-electron chi connectivity index (χ0n) is 21.7.